The molecule has 2 aliphatic rings. The van der Waals surface area contributed by atoms with Crippen LogP contribution in [0.4, 0.5) is 5.82 Å². The maximum Gasteiger partial charge on any atom is 0.341 e. The molecule has 0 saturated heterocycles. The van der Waals surface area contributed by atoms with Crippen molar-refractivity contribution in [1.29, 1.82) is 0 Å². The highest BCUT2D eigenvalue weighted by Crippen LogP contribution is 2.25. The Labute approximate surface area is 134 Å². The van der Waals surface area contributed by atoms with Gasteiger partial charge in [-0.1, -0.05) is 11.6 Å². The average molecular weight is 311 g/mol. The van der Waals surface area contributed by atoms with Crippen LogP contribution in [-0.2, 0) is 11.3 Å². The van der Waals surface area contributed by atoms with Gasteiger partial charge in [-0.25, -0.2) is 14.8 Å². The lowest BCUT2D eigenvalue weighted by Gasteiger charge is -2.06. The van der Waals surface area contributed by atoms with Crippen molar-refractivity contribution in [2.45, 2.75) is 26.3 Å². The van der Waals surface area contributed by atoms with Crippen molar-refractivity contribution in [3.8, 4) is 0 Å². The van der Waals surface area contributed by atoms with Gasteiger partial charge in [0.05, 0.1) is 12.8 Å². The number of nitrogens with zero attached hydrogens (tertiary/aromatic N) is 2. The highest BCUT2D eigenvalue weighted by atomic mass is 16.5. The van der Waals surface area contributed by atoms with Crippen LogP contribution in [0.1, 0.15) is 46.2 Å². The molecule has 0 aromatic carbocycles. The molecule has 1 aromatic rings. The fourth-order valence-electron chi connectivity index (χ4n) is 2.56. The maximum absolute atomic E-state index is 12.0. The van der Waals surface area contributed by atoms with Gasteiger partial charge in [0.1, 0.15) is 11.3 Å². The smallest absolute Gasteiger partial charge is 0.341 e. The lowest BCUT2D eigenvalue weighted by atomic mass is 10.1. The summed E-state index contributed by atoms with van der Waals surface area (Å²) in [4.78, 5) is 32.6. The van der Waals surface area contributed by atoms with E-state index in [0.717, 1.165) is 12.8 Å². The summed E-state index contributed by atoms with van der Waals surface area (Å²) in [6, 6.07) is 1.63. The van der Waals surface area contributed by atoms with Gasteiger partial charge in [-0.2, -0.15) is 0 Å². The van der Waals surface area contributed by atoms with Crippen LogP contribution in [0.5, 0.6) is 0 Å². The fraction of sp³-hybridized carbons (Fsp3) is 0.294. The third-order valence-electron chi connectivity index (χ3n) is 3.76. The molecule has 1 N–H and O–H groups in total. The molecule has 0 bridgehead atoms. The summed E-state index contributed by atoms with van der Waals surface area (Å²) in [5, 5.41) is 2.69. The van der Waals surface area contributed by atoms with Gasteiger partial charge in [0.25, 0.3) is 5.91 Å². The van der Waals surface area contributed by atoms with Crippen LogP contribution in [0, 0.1) is 0 Å². The molecule has 1 aromatic heterocycles. The Bertz CT molecular complexity index is 776. The molecule has 1 amide bonds. The van der Waals surface area contributed by atoms with E-state index in [-0.39, 0.29) is 17.3 Å². The Kier molecular flexibility index (Phi) is 4.06. The first-order chi connectivity index (χ1) is 11.1. The van der Waals surface area contributed by atoms with Gasteiger partial charge < -0.3 is 10.1 Å². The van der Waals surface area contributed by atoms with E-state index in [1.165, 1.54) is 12.7 Å². The minimum absolute atomic E-state index is 0.207. The summed E-state index contributed by atoms with van der Waals surface area (Å²) < 4.78 is 4.81. The number of aliphatic imine (C=N–C) groups is 1. The van der Waals surface area contributed by atoms with Gasteiger partial charge in [0.15, 0.2) is 5.82 Å². The minimum atomic E-state index is -0.516. The number of carbonyl (C=O) groups is 2. The molecule has 0 radical (unpaired) electrons. The number of hydrogen-bond acceptors (Lipinski definition) is 5. The van der Waals surface area contributed by atoms with Gasteiger partial charge in [-0.3, -0.25) is 4.79 Å². The number of aromatic nitrogens is 1. The average Bonchev–Trinajstić information content (AvgIpc) is 2.76. The molecule has 0 saturated carbocycles. The first-order valence-electron chi connectivity index (χ1n) is 7.41. The number of nitrogens with one attached hydrogen (secondary N) is 1. The molecule has 2 heterocycles. The van der Waals surface area contributed by atoms with Crippen LogP contribution in [0.2, 0.25) is 0 Å². The second kappa shape index (κ2) is 6.16. The van der Waals surface area contributed by atoms with E-state index in [1.54, 1.807) is 6.07 Å². The predicted molar refractivity (Wildman–Crippen MR) is 86.0 cm³/mol. The van der Waals surface area contributed by atoms with E-state index in [4.69, 9.17) is 4.74 Å². The Hall–Kier alpha value is -2.76. The third kappa shape index (κ3) is 3.06. The summed E-state index contributed by atoms with van der Waals surface area (Å²) in [6.07, 6.45) is 7.81. The monoisotopic (exact) mass is 311 g/mol. The first kappa shape index (κ1) is 15.1. The Morgan fingerprint density at radius 3 is 3.04 bits per heavy atom. The zero-order chi connectivity index (χ0) is 16.4. The molecular weight excluding hydrogens is 294 g/mol. The Morgan fingerprint density at radius 2 is 2.26 bits per heavy atom. The molecule has 0 atom stereocenters. The number of hydrogen-bond donors (Lipinski definition) is 1. The molecule has 118 valence electrons. The summed E-state index contributed by atoms with van der Waals surface area (Å²) >= 11 is 0. The van der Waals surface area contributed by atoms with Crippen LogP contribution in [0.3, 0.4) is 0 Å². The van der Waals surface area contributed by atoms with Crippen LogP contribution in [-0.4, -0.2) is 29.7 Å². The van der Waals surface area contributed by atoms with Gasteiger partial charge in [0, 0.05) is 12.1 Å². The van der Waals surface area contributed by atoms with Crippen molar-refractivity contribution in [3.63, 3.8) is 0 Å². The summed E-state index contributed by atoms with van der Waals surface area (Å²) in [7, 11) is 1.31. The summed E-state index contributed by atoms with van der Waals surface area (Å²) in [5.74, 6) is -0.559. The number of carbonyl (C=O) groups excluding carboxylic acids is 2. The summed E-state index contributed by atoms with van der Waals surface area (Å²) in [6.45, 7) is 2.40. The van der Waals surface area contributed by atoms with Crippen LogP contribution < -0.4 is 5.32 Å². The Balaban J connectivity index is 2.13. The van der Waals surface area contributed by atoms with Crippen molar-refractivity contribution in [1.82, 2.24) is 10.3 Å². The van der Waals surface area contributed by atoms with Crippen LogP contribution >= 0.6 is 0 Å². The van der Waals surface area contributed by atoms with Crippen LogP contribution in [0.15, 0.2) is 34.9 Å². The third-order valence-corrected chi connectivity index (χ3v) is 3.76. The minimum Gasteiger partial charge on any atom is -0.465 e. The van der Waals surface area contributed by atoms with Gasteiger partial charge in [-0.05, 0) is 38.0 Å². The zero-order valence-corrected chi connectivity index (χ0v) is 13.0. The number of allylic oxidation sites excluding steroid dienone is 4. The lowest BCUT2D eigenvalue weighted by molar-refractivity contribution is 0.0601. The number of fused-ring (bicyclic) bond motifs is 1. The number of pyridine rings is 1. The van der Waals surface area contributed by atoms with Gasteiger partial charge in [-0.15, -0.1) is 0 Å². The van der Waals surface area contributed by atoms with Gasteiger partial charge >= 0.3 is 5.97 Å². The largest absolute Gasteiger partial charge is 0.465 e. The molecule has 0 unspecified atom stereocenters. The topological polar surface area (TPSA) is 80.7 Å². The molecule has 1 aliphatic carbocycles. The van der Waals surface area contributed by atoms with E-state index in [0.29, 0.717) is 23.5 Å². The number of rotatable bonds is 2. The first-order valence-corrected chi connectivity index (χ1v) is 7.41. The van der Waals surface area contributed by atoms with Crippen molar-refractivity contribution in [2.75, 3.05) is 7.11 Å². The zero-order valence-electron chi connectivity index (χ0n) is 13.0. The molecule has 6 nitrogen and oxygen atoms in total. The van der Waals surface area contributed by atoms with Gasteiger partial charge in [0.2, 0.25) is 0 Å². The molecule has 23 heavy (non-hydrogen) atoms. The summed E-state index contributed by atoms with van der Waals surface area (Å²) in [5.41, 5.74) is 3.17. The maximum atomic E-state index is 12.0. The highest BCUT2D eigenvalue weighted by molar-refractivity contribution is 6.07. The highest BCUT2D eigenvalue weighted by Gasteiger charge is 2.25. The second-order valence-electron chi connectivity index (χ2n) is 5.51. The number of ether oxygens (including phenoxy) is 1. The van der Waals surface area contributed by atoms with Crippen molar-refractivity contribution >= 4 is 23.4 Å². The van der Waals surface area contributed by atoms with Crippen molar-refractivity contribution in [2.24, 2.45) is 4.99 Å². The quantitative estimate of drug-likeness (QED) is 0.851. The van der Waals surface area contributed by atoms with E-state index in [1.807, 2.05) is 25.2 Å². The van der Waals surface area contributed by atoms with E-state index >= 15 is 0 Å². The fourth-order valence-corrected chi connectivity index (χ4v) is 2.56. The van der Waals surface area contributed by atoms with E-state index in [9.17, 15) is 9.59 Å². The standard InChI is InChI=1S/C17H17N3O3/c1-10-5-3-4-6-12(7-10)19-15-13(17(22)23-2)8-11-9-18-16(21)14(11)20-15/h4,6-8H,3,5,9H2,1-2H3,(H,18,21). The number of esters is 1. The normalized spacial score (nSPS) is 18.3. The van der Waals surface area contributed by atoms with Crippen LogP contribution in [0.25, 0.3) is 0 Å². The van der Waals surface area contributed by atoms with E-state index < -0.39 is 5.97 Å². The predicted octanol–water partition coefficient (Wildman–Crippen LogP) is 2.48. The van der Waals surface area contributed by atoms with E-state index in [2.05, 4.69) is 15.3 Å². The van der Waals surface area contributed by atoms with Crippen molar-refractivity contribution < 1.29 is 14.3 Å². The molecule has 1 aliphatic heterocycles. The second-order valence-corrected chi connectivity index (χ2v) is 5.51. The number of amides is 1. The lowest BCUT2D eigenvalue weighted by Crippen LogP contribution is -2.13. The molecule has 3 rings (SSSR count). The molecule has 6 heteroatoms. The SMILES string of the molecule is COC(=O)c1cc2c(nc1N=C1C=CCCC(C)=C1)C(=O)NC2. The molecule has 0 spiro atoms. The molecule has 0 fully saturated rings. The molecular formula is C17H17N3O3. The Morgan fingerprint density at radius 1 is 1.43 bits per heavy atom. The van der Waals surface area contributed by atoms with Crippen molar-refractivity contribution in [3.05, 3.63) is 46.7 Å². The number of methoxy groups -OCH3 is 1.